The number of hydrogen-bond donors (Lipinski definition) is 1. The van der Waals surface area contributed by atoms with Gasteiger partial charge in [0, 0.05) is 15.8 Å². The first-order chi connectivity index (χ1) is 10.6. The fourth-order valence-electron chi connectivity index (χ4n) is 2.60. The third kappa shape index (κ3) is 2.76. The molecule has 0 bridgehead atoms. The molecule has 2 aromatic carbocycles. The summed E-state index contributed by atoms with van der Waals surface area (Å²) in [6.07, 6.45) is 0.339. The Kier molecular flexibility index (Phi) is 3.98. The molecule has 1 heterocycles. The Hall–Kier alpha value is -2.14. The van der Waals surface area contributed by atoms with Gasteiger partial charge in [-0.3, -0.25) is 14.5 Å². The van der Waals surface area contributed by atoms with Crippen molar-refractivity contribution in [2.24, 2.45) is 0 Å². The Bertz CT molecular complexity index is 731. The minimum absolute atomic E-state index is 0.0520. The summed E-state index contributed by atoms with van der Waals surface area (Å²) in [6, 6.07) is 14.4. The molecule has 22 heavy (non-hydrogen) atoms. The summed E-state index contributed by atoms with van der Waals surface area (Å²) < 4.78 is 0.890. The Morgan fingerprint density at radius 2 is 1.95 bits per heavy atom. The number of carbonyl (C=O) groups is 2. The molecule has 4 nitrogen and oxygen atoms in total. The van der Waals surface area contributed by atoms with Crippen LogP contribution in [0.5, 0.6) is 0 Å². The lowest BCUT2D eigenvalue weighted by Crippen LogP contribution is -2.44. The highest BCUT2D eigenvalue weighted by molar-refractivity contribution is 9.10. The number of carbonyl (C=O) groups excluding carboxylic acids is 2. The van der Waals surface area contributed by atoms with Crippen LogP contribution in [0, 0.1) is 0 Å². The van der Waals surface area contributed by atoms with Crippen molar-refractivity contribution in [3.05, 3.63) is 58.6 Å². The van der Waals surface area contributed by atoms with E-state index in [1.807, 2.05) is 48.5 Å². The fourth-order valence-corrected chi connectivity index (χ4v) is 2.95. The standard InChI is InChI=1S/C17H15BrN2O2/c1-11(17(22)19-14-5-3-2-4-6-14)20-15-10-13(18)8-7-12(15)9-16(20)21/h2-8,10-11H,9H2,1H3,(H,19,22). The summed E-state index contributed by atoms with van der Waals surface area (Å²) in [7, 11) is 0. The Balaban J connectivity index is 1.83. The van der Waals surface area contributed by atoms with Gasteiger partial charge in [0.2, 0.25) is 11.8 Å². The van der Waals surface area contributed by atoms with E-state index in [0.29, 0.717) is 6.42 Å². The number of halogens is 1. The summed E-state index contributed by atoms with van der Waals surface area (Å²) in [4.78, 5) is 26.3. The van der Waals surface area contributed by atoms with E-state index in [4.69, 9.17) is 0 Å². The first-order valence-electron chi connectivity index (χ1n) is 7.02. The van der Waals surface area contributed by atoms with Gasteiger partial charge in [-0.05, 0) is 36.8 Å². The van der Waals surface area contributed by atoms with Gasteiger partial charge in [-0.2, -0.15) is 0 Å². The van der Waals surface area contributed by atoms with E-state index in [1.165, 1.54) is 0 Å². The van der Waals surface area contributed by atoms with E-state index in [-0.39, 0.29) is 11.8 Å². The fraction of sp³-hybridized carbons (Fsp3) is 0.176. The van der Waals surface area contributed by atoms with Gasteiger partial charge >= 0.3 is 0 Å². The van der Waals surface area contributed by atoms with E-state index in [0.717, 1.165) is 21.4 Å². The number of nitrogens with one attached hydrogen (secondary N) is 1. The summed E-state index contributed by atoms with van der Waals surface area (Å²) >= 11 is 3.41. The molecule has 1 atom stereocenters. The van der Waals surface area contributed by atoms with E-state index in [2.05, 4.69) is 21.2 Å². The average Bonchev–Trinajstić information content (AvgIpc) is 2.82. The molecule has 112 valence electrons. The van der Waals surface area contributed by atoms with Crippen LogP contribution in [0.3, 0.4) is 0 Å². The molecule has 0 saturated heterocycles. The number of nitrogens with zero attached hydrogens (tertiary/aromatic N) is 1. The third-order valence-corrected chi connectivity index (χ3v) is 4.22. The van der Waals surface area contributed by atoms with E-state index in [1.54, 1.807) is 11.8 Å². The SMILES string of the molecule is CC(C(=O)Nc1ccccc1)N1C(=O)Cc2ccc(Br)cc21. The summed E-state index contributed by atoms with van der Waals surface area (Å²) in [5, 5.41) is 2.84. The van der Waals surface area contributed by atoms with Gasteiger partial charge in [0.25, 0.3) is 0 Å². The summed E-state index contributed by atoms with van der Waals surface area (Å²) in [5.74, 6) is -0.254. The molecule has 5 heteroatoms. The number of para-hydroxylation sites is 1. The van der Waals surface area contributed by atoms with Crippen molar-refractivity contribution in [2.45, 2.75) is 19.4 Å². The molecule has 1 aliphatic heterocycles. The van der Waals surface area contributed by atoms with Crippen molar-refractivity contribution in [1.82, 2.24) is 0 Å². The number of anilines is 2. The van der Waals surface area contributed by atoms with Crippen LogP contribution in [0.2, 0.25) is 0 Å². The molecule has 0 radical (unpaired) electrons. The smallest absolute Gasteiger partial charge is 0.247 e. The van der Waals surface area contributed by atoms with E-state index >= 15 is 0 Å². The maximum Gasteiger partial charge on any atom is 0.247 e. The molecule has 2 amide bonds. The molecule has 3 rings (SSSR count). The minimum Gasteiger partial charge on any atom is -0.324 e. The number of hydrogen-bond acceptors (Lipinski definition) is 2. The zero-order valence-corrected chi connectivity index (χ0v) is 13.6. The Morgan fingerprint density at radius 1 is 1.23 bits per heavy atom. The van der Waals surface area contributed by atoms with E-state index in [9.17, 15) is 9.59 Å². The molecule has 0 aromatic heterocycles. The molecular formula is C17H15BrN2O2. The number of benzene rings is 2. The minimum atomic E-state index is -0.566. The molecule has 1 unspecified atom stereocenters. The van der Waals surface area contributed by atoms with Crippen molar-refractivity contribution in [1.29, 1.82) is 0 Å². The quantitative estimate of drug-likeness (QED) is 0.914. The van der Waals surface area contributed by atoms with Gasteiger partial charge in [0.05, 0.1) is 6.42 Å². The van der Waals surface area contributed by atoms with Gasteiger partial charge < -0.3 is 5.32 Å². The molecule has 0 saturated carbocycles. The highest BCUT2D eigenvalue weighted by Crippen LogP contribution is 2.33. The highest BCUT2D eigenvalue weighted by Gasteiger charge is 2.34. The largest absolute Gasteiger partial charge is 0.324 e. The normalized spacial score (nSPS) is 14.6. The average molecular weight is 359 g/mol. The maximum atomic E-state index is 12.4. The van der Waals surface area contributed by atoms with Crippen molar-refractivity contribution in [3.8, 4) is 0 Å². The molecule has 1 aliphatic rings. The van der Waals surface area contributed by atoms with Crippen LogP contribution in [0.25, 0.3) is 0 Å². The van der Waals surface area contributed by atoms with Crippen LogP contribution in [0.1, 0.15) is 12.5 Å². The van der Waals surface area contributed by atoms with Crippen molar-refractivity contribution in [3.63, 3.8) is 0 Å². The molecule has 0 aliphatic carbocycles. The predicted octanol–water partition coefficient (Wildman–Crippen LogP) is 3.37. The maximum absolute atomic E-state index is 12.4. The molecule has 1 N–H and O–H groups in total. The van der Waals surface area contributed by atoms with Crippen LogP contribution in [-0.4, -0.2) is 17.9 Å². The second-order valence-corrected chi connectivity index (χ2v) is 6.16. The van der Waals surface area contributed by atoms with Crippen molar-refractivity contribution in [2.75, 3.05) is 10.2 Å². The van der Waals surface area contributed by atoms with Crippen LogP contribution in [-0.2, 0) is 16.0 Å². The number of fused-ring (bicyclic) bond motifs is 1. The van der Waals surface area contributed by atoms with Gasteiger partial charge in [-0.1, -0.05) is 40.2 Å². The van der Waals surface area contributed by atoms with Gasteiger partial charge in [-0.15, -0.1) is 0 Å². The first kappa shape index (κ1) is 14.8. The van der Waals surface area contributed by atoms with E-state index < -0.39 is 6.04 Å². The van der Waals surface area contributed by atoms with Gasteiger partial charge in [0.1, 0.15) is 6.04 Å². The number of rotatable bonds is 3. The molecule has 0 fully saturated rings. The predicted molar refractivity (Wildman–Crippen MR) is 89.9 cm³/mol. The zero-order valence-electron chi connectivity index (χ0n) is 12.0. The van der Waals surface area contributed by atoms with Gasteiger partial charge in [0.15, 0.2) is 0 Å². The van der Waals surface area contributed by atoms with Crippen LogP contribution in [0.15, 0.2) is 53.0 Å². The summed E-state index contributed by atoms with van der Waals surface area (Å²) in [5.41, 5.74) is 2.48. The third-order valence-electron chi connectivity index (χ3n) is 3.73. The van der Waals surface area contributed by atoms with Crippen LogP contribution < -0.4 is 10.2 Å². The van der Waals surface area contributed by atoms with Gasteiger partial charge in [-0.25, -0.2) is 0 Å². The second kappa shape index (κ2) is 5.93. The monoisotopic (exact) mass is 358 g/mol. The topological polar surface area (TPSA) is 49.4 Å². The molecular weight excluding hydrogens is 344 g/mol. The highest BCUT2D eigenvalue weighted by atomic mass is 79.9. The van der Waals surface area contributed by atoms with Crippen LogP contribution >= 0.6 is 15.9 Å². The van der Waals surface area contributed by atoms with Crippen molar-refractivity contribution >= 4 is 39.1 Å². The molecule has 0 spiro atoms. The first-order valence-corrected chi connectivity index (χ1v) is 7.82. The number of amides is 2. The molecule has 2 aromatic rings. The zero-order chi connectivity index (χ0) is 15.7. The van der Waals surface area contributed by atoms with Crippen LogP contribution in [0.4, 0.5) is 11.4 Å². The second-order valence-electron chi connectivity index (χ2n) is 5.24. The van der Waals surface area contributed by atoms with Crippen molar-refractivity contribution < 1.29 is 9.59 Å². The Labute approximate surface area is 137 Å². The summed E-state index contributed by atoms with van der Waals surface area (Å²) in [6.45, 7) is 1.74. The Morgan fingerprint density at radius 3 is 2.68 bits per heavy atom. The lowest BCUT2D eigenvalue weighted by atomic mass is 10.1. The lowest BCUT2D eigenvalue weighted by Gasteiger charge is -2.24. The lowest BCUT2D eigenvalue weighted by molar-refractivity contribution is -0.122.